The summed E-state index contributed by atoms with van der Waals surface area (Å²) in [4.78, 5) is 3.32. The first-order valence-electron chi connectivity index (χ1n) is 7.64. The number of hydrogen-bond donors (Lipinski definition) is 2. The highest BCUT2D eigenvalue weighted by molar-refractivity contribution is 9.10. The number of fused-ring (bicyclic) bond motifs is 3. The summed E-state index contributed by atoms with van der Waals surface area (Å²) in [5, 5.41) is 4.30. The van der Waals surface area contributed by atoms with Crippen LogP contribution in [-0.4, -0.2) is 11.5 Å². The highest BCUT2D eigenvalue weighted by Gasteiger charge is 2.37. The first-order chi connectivity index (χ1) is 11.4. The van der Waals surface area contributed by atoms with E-state index in [1.807, 2.05) is 18.2 Å². The van der Waals surface area contributed by atoms with Crippen LogP contribution >= 0.6 is 15.9 Å². The van der Waals surface area contributed by atoms with E-state index < -0.39 is 17.8 Å². The zero-order valence-corrected chi connectivity index (χ0v) is 14.1. The van der Waals surface area contributed by atoms with Gasteiger partial charge in [0.2, 0.25) is 0 Å². The summed E-state index contributed by atoms with van der Waals surface area (Å²) in [5.74, 6) is 0. The average Bonchev–Trinajstić information content (AvgIpc) is 2.92. The van der Waals surface area contributed by atoms with Gasteiger partial charge in [0.15, 0.2) is 0 Å². The number of aromatic amines is 1. The van der Waals surface area contributed by atoms with E-state index in [0.717, 1.165) is 39.1 Å². The fourth-order valence-corrected chi connectivity index (χ4v) is 3.83. The van der Waals surface area contributed by atoms with Crippen LogP contribution in [0.4, 0.5) is 13.2 Å². The van der Waals surface area contributed by atoms with E-state index in [0.29, 0.717) is 6.54 Å². The van der Waals surface area contributed by atoms with Crippen molar-refractivity contribution in [2.75, 3.05) is 6.54 Å². The van der Waals surface area contributed by atoms with Gasteiger partial charge in [-0.05, 0) is 41.8 Å². The van der Waals surface area contributed by atoms with E-state index in [-0.39, 0.29) is 5.56 Å². The summed E-state index contributed by atoms with van der Waals surface area (Å²) < 4.78 is 41.1. The van der Waals surface area contributed by atoms with Crippen LogP contribution in [0.15, 0.2) is 46.9 Å². The fraction of sp³-hybridized carbons (Fsp3) is 0.222. The van der Waals surface area contributed by atoms with E-state index >= 15 is 0 Å². The van der Waals surface area contributed by atoms with Gasteiger partial charge in [-0.15, -0.1) is 0 Å². The smallest absolute Gasteiger partial charge is 0.357 e. The van der Waals surface area contributed by atoms with Crippen molar-refractivity contribution in [3.63, 3.8) is 0 Å². The molecule has 0 spiro atoms. The molecule has 1 aromatic heterocycles. The molecule has 124 valence electrons. The molecule has 0 amide bonds. The van der Waals surface area contributed by atoms with Gasteiger partial charge in [-0.2, -0.15) is 13.2 Å². The van der Waals surface area contributed by atoms with E-state index in [4.69, 9.17) is 0 Å². The van der Waals surface area contributed by atoms with Crippen LogP contribution in [0.5, 0.6) is 0 Å². The lowest BCUT2D eigenvalue weighted by molar-refractivity contribution is -0.138. The van der Waals surface area contributed by atoms with Crippen LogP contribution in [0, 0.1) is 0 Å². The maximum atomic E-state index is 13.4. The maximum Gasteiger partial charge on any atom is 0.416 e. The molecule has 1 aliphatic rings. The van der Waals surface area contributed by atoms with Gasteiger partial charge in [0, 0.05) is 27.6 Å². The number of H-pyrrole nitrogens is 1. The van der Waals surface area contributed by atoms with E-state index in [9.17, 15) is 13.2 Å². The lowest BCUT2D eigenvalue weighted by Gasteiger charge is -2.27. The number of nitrogens with one attached hydrogen (secondary N) is 2. The zero-order valence-electron chi connectivity index (χ0n) is 12.5. The normalized spacial score (nSPS) is 17.9. The number of hydrogen-bond acceptors (Lipinski definition) is 1. The Morgan fingerprint density at radius 3 is 2.67 bits per heavy atom. The van der Waals surface area contributed by atoms with Crippen molar-refractivity contribution < 1.29 is 13.2 Å². The number of rotatable bonds is 1. The van der Waals surface area contributed by atoms with Crippen LogP contribution in [-0.2, 0) is 12.6 Å². The minimum Gasteiger partial charge on any atom is -0.357 e. The van der Waals surface area contributed by atoms with Gasteiger partial charge in [-0.1, -0.05) is 34.1 Å². The number of alkyl halides is 3. The Bertz CT molecular complexity index is 914. The van der Waals surface area contributed by atoms with Crippen molar-refractivity contribution >= 4 is 26.8 Å². The van der Waals surface area contributed by atoms with Crippen molar-refractivity contribution in [3.8, 4) is 0 Å². The maximum absolute atomic E-state index is 13.4. The monoisotopic (exact) mass is 394 g/mol. The number of halogens is 4. The van der Waals surface area contributed by atoms with Crippen LogP contribution in [0.2, 0.25) is 0 Å². The van der Waals surface area contributed by atoms with Gasteiger partial charge in [0.25, 0.3) is 0 Å². The molecule has 0 aliphatic carbocycles. The van der Waals surface area contributed by atoms with Crippen molar-refractivity contribution in [1.82, 2.24) is 10.3 Å². The highest BCUT2D eigenvalue weighted by atomic mass is 79.9. The third kappa shape index (κ3) is 2.54. The van der Waals surface area contributed by atoms with Crippen molar-refractivity contribution in [1.29, 1.82) is 0 Å². The highest BCUT2D eigenvalue weighted by Crippen LogP contribution is 2.40. The van der Waals surface area contributed by atoms with Gasteiger partial charge in [0.05, 0.1) is 11.6 Å². The molecular weight excluding hydrogens is 381 g/mol. The molecule has 1 unspecified atom stereocenters. The molecule has 3 aromatic rings. The summed E-state index contributed by atoms with van der Waals surface area (Å²) in [5.41, 5.74) is 2.53. The summed E-state index contributed by atoms with van der Waals surface area (Å²) in [6, 6.07) is 11.2. The molecular formula is C18H14BrF3N2. The predicted octanol–water partition coefficient (Wildman–Crippen LogP) is 5.18. The first kappa shape index (κ1) is 15.7. The van der Waals surface area contributed by atoms with Crippen LogP contribution < -0.4 is 5.32 Å². The lowest BCUT2D eigenvalue weighted by atomic mass is 9.91. The fourth-order valence-electron chi connectivity index (χ4n) is 3.47. The largest absolute Gasteiger partial charge is 0.416 e. The molecule has 6 heteroatoms. The Morgan fingerprint density at radius 1 is 1.08 bits per heavy atom. The second kappa shape index (κ2) is 5.63. The zero-order chi connectivity index (χ0) is 16.9. The molecule has 0 radical (unpaired) electrons. The molecule has 0 bridgehead atoms. The van der Waals surface area contributed by atoms with E-state index in [1.165, 1.54) is 6.07 Å². The quantitative estimate of drug-likeness (QED) is 0.584. The van der Waals surface area contributed by atoms with Crippen LogP contribution in [0.1, 0.15) is 28.4 Å². The molecule has 2 heterocycles. The van der Waals surface area contributed by atoms with Gasteiger partial charge in [0.1, 0.15) is 0 Å². The summed E-state index contributed by atoms with van der Waals surface area (Å²) >= 11 is 3.46. The Hall–Kier alpha value is -1.79. The second-order valence-corrected chi connectivity index (χ2v) is 6.84. The average molecular weight is 395 g/mol. The van der Waals surface area contributed by atoms with Gasteiger partial charge in [-0.3, -0.25) is 0 Å². The Kier molecular flexibility index (Phi) is 3.69. The Balaban J connectivity index is 1.91. The van der Waals surface area contributed by atoms with E-state index in [2.05, 4.69) is 26.2 Å². The minimum atomic E-state index is -4.37. The Morgan fingerprint density at radius 2 is 1.88 bits per heavy atom. The third-order valence-corrected chi connectivity index (χ3v) is 4.98. The molecule has 1 atom stereocenters. The molecule has 4 rings (SSSR count). The van der Waals surface area contributed by atoms with Gasteiger partial charge >= 0.3 is 6.18 Å². The van der Waals surface area contributed by atoms with Gasteiger partial charge in [-0.25, -0.2) is 0 Å². The third-order valence-electron chi connectivity index (χ3n) is 4.49. The molecule has 0 fully saturated rings. The summed E-state index contributed by atoms with van der Waals surface area (Å²) in [6.07, 6.45) is -3.58. The first-order valence-corrected chi connectivity index (χ1v) is 8.44. The van der Waals surface area contributed by atoms with Crippen LogP contribution in [0.25, 0.3) is 10.9 Å². The molecule has 0 saturated carbocycles. The Labute approximate surface area is 145 Å². The van der Waals surface area contributed by atoms with Crippen molar-refractivity contribution in [2.45, 2.75) is 18.6 Å². The van der Waals surface area contributed by atoms with Crippen LogP contribution in [0.3, 0.4) is 0 Å². The second-order valence-electron chi connectivity index (χ2n) is 5.93. The summed E-state index contributed by atoms with van der Waals surface area (Å²) in [6.45, 7) is 0.642. The minimum absolute atomic E-state index is 0.261. The number of aromatic nitrogens is 1. The molecule has 24 heavy (non-hydrogen) atoms. The van der Waals surface area contributed by atoms with Gasteiger partial charge < -0.3 is 10.3 Å². The number of benzene rings is 2. The molecule has 2 aromatic carbocycles. The molecule has 2 nitrogen and oxygen atoms in total. The van der Waals surface area contributed by atoms with Crippen molar-refractivity contribution in [2.24, 2.45) is 0 Å². The van der Waals surface area contributed by atoms with E-state index in [1.54, 1.807) is 12.1 Å². The van der Waals surface area contributed by atoms with Crippen molar-refractivity contribution in [3.05, 3.63) is 69.3 Å². The molecule has 2 N–H and O–H groups in total. The predicted molar refractivity (Wildman–Crippen MR) is 91.0 cm³/mol. The lowest BCUT2D eigenvalue weighted by Crippen LogP contribution is -2.32. The topological polar surface area (TPSA) is 27.8 Å². The molecule has 0 saturated heterocycles. The SMILES string of the molecule is FC(F)(F)c1ccccc1C1NCCc2c1[nH]c1ccc(Br)cc21. The summed E-state index contributed by atoms with van der Waals surface area (Å²) in [7, 11) is 0. The standard InChI is InChI=1S/C18H14BrF3N2/c19-10-5-6-15-13(9-10)11-7-8-23-16(17(11)24-15)12-3-1-2-4-14(12)18(20,21)22/h1-6,9,16,23-24H,7-8H2. The molecule has 1 aliphatic heterocycles.